The molecule has 0 aliphatic rings. The van der Waals surface area contributed by atoms with E-state index in [1.54, 1.807) is 24.7 Å². The summed E-state index contributed by atoms with van der Waals surface area (Å²) < 4.78 is 0. The van der Waals surface area contributed by atoms with Crippen molar-refractivity contribution in [3.63, 3.8) is 0 Å². The zero-order valence-electron chi connectivity index (χ0n) is 18.2. The molecule has 4 heterocycles. The number of pyridine rings is 2. The summed E-state index contributed by atoms with van der Waals surface area (Å²) in [5.74, 6) is 0.242. The third-order valence-electron chi connectivity index (χ3n) is 5.41. The van der Waals surface area contributed by atoms with E-state index in [9.17, 15) is 10.1 Å². The molecule has 0 fully saturated rings. The van der Waals surface area contributed by atoms with Gasteiger partial charge >= 0.3 is 0 Å². The largest absolute Gasteiger partial charge is 0.353 e. The van der Waals surface area contributed by atoms with E-state index in [-0.39, 0.29) is 11.8 Å². The van der Waals surface area contributed by atoms with E-state index in [0.29, 0.717) is 29.0 Å². The summed E-state index contributed by atoms with van der Waals surface area (Å²) in [6.07, 6.45) is 5.57. The Morgan fingerprint density at radius 1 is 1.12 bits per heavy atom. The summed E-state index contributed by atoms with van der Waals surface area (Å²) in [6.45, 7) is 4.01. The molecule has 0 bridgehead atoms. The van der Waals surface area contributed by atoms with E-state index < -0.39 is 0 Å². The van der Waals surface area contributed by atoms with Crippen LogP contribution in [-0.2, 0) is 4.79 Å². The molecule has 8 heteroatoms. The molecule has 0 spiro atoms. The fraction of sp³-hybridized carbons (Fsp3) is 0.160. The number of nitrogens with zero attached hydrogens (tertiary/aromatic N) is 4. The van der Waals surface area contributed by atoms with Crippen LogP contribution in [0.15, 0.2) is 55.0 Å². The van der Waals surface area contributed by atoms with Gasteiger partial charge in [0.15, 0.2) is 5.65 Å². The molecule has 1 amide bonds. The number of nitriles is 1. The number of hydrogen-bond donors (Lipinski definition) is 3. The average molecular weight is 435 g/mol. The molecule has 0 aliphatic carbocycles. The number of nitrogens with one attached hydrogen (secondary N) is 3. The van der Waals surface area contributed by atoms with E-state index in [1.165, 1.54) is 0 Å². The first-order valence-electron chi connectivity index (χ1n) is 10.6. The van der Waals surface area contributed by atoms with Crippen LogP contribution in [-0.4, -0.2) is 31.1 Å². The molecule has 5 aromatic rings. The Morgan fingerprint density at radius 2 is 1.97 bits per heavy atom. The molecule has 0 saturated carbocycles. The van der Waals surface area contributed by atoms with Crippen LogP contribution in [0.25, 0.3) is 44.5 Å². The molecular weight excluding hydrogens is 414 g/mol. The van der Waals surface area contributed by atoms with Crippen molar-refractivity contribution in [3.05, 3.63) is 60.6 Å². The molecule has 5 rings (SSSR count). The van der Waals surface area contributed by atoms with Gasteiger partial charge in [0.05, 0.1) is 29.2 Å². The molecule has 0 unspecified atom stereocenters. The fourth-order valence-corrected chi connectivity index (χ4v) is 3.90. The lowest BCUT2D eigenvalue weighted by Crippen LogP contribution is -2.13. The summed E-state index contributed by atoms with van der Waals surface area (Å²) in [4.78, 5) is 24.3. The number of carbonyl (C=O) groups excluding carboxylic acids is 1. The molecule has 4 aromatic heterocycles. The van der Waals surface area contributed by atoms with Gasteiger partial charge in [-0.05, 0) is 36.2 Å². The second-order valence-electron chi connectivity index (χ2n) is 8.36. The van der Waals surface area contributed by atoms with E-state index in [0.717, 1.165) is 33.1 Å². The summed E-state index contributed by atoms with van der Waals surface area (Å²) >= 11 is 0. The van der Waals surface area contributed by atoms with Crippen LogP contribution in [0.4, 0.5) is 5.69 Å². The topological polar surface area (TPSA) is 123 Å². The second-order valence-corrected chi connectivity index (χ2v) is 8.36. The van der Waals surface area contributed by atoms with Gasteiger partial charge in [0, 0.05) is 46.2 Å². The van der Waals surface area contributed by atoms with Crippen LogP contribution in [0.3, 0.4) is 0 Å². The van der Waals surface area contributed by atoms with Gasteiger partial charge in [-0.15, -0.1) is 0 Å². The molecule has 3 N–H and O–H groups in total. The minimum absolute atomic E-state index is 0.0369. The summed E-state index contributed by atoms with van der Waals surface area (Å²) in [5, 5.41) is 21.4. The molecule has 0 aliphatic heterocycles. The predicted molar refractivity (Wildman–Crippen MR) is 127 cm³/mol. The first-order valence-corrected chi connectivity index (χ1v) is 10.6. The number of aromatic amines is 2. The number of H-pyrrole nitrogens is 2. The predicted octanol–water partition coefficient (Wildman–Crippen LogP) is 5.02. The summed E-state index contributed by atoms with van der Waals surface area (Å²) in [5.41, 5.74) is 5.98. The Morgan fingerprint density at radius 3 is 2.79 bits per heavy atom. The van der Waals surface area contributed by atoms with Crippen LogP contribution < -0.4 is 5.32 Å². The van der Waals surface area contributed by atoms with E-state index in [1.807, 2.05) is 44.2 Å². The zero-order chi connectivity index (χ0) is 22.9. The van der Waals surface area contributed by atoms with Crippen molar-refractivity contribution in [3.8, 4) is 28.6 Å². The van der Waals surface area contributed by atoms with Gasteiger partial charge in [0.25, 0.3) is 0 Å². The van der Waals surface area contributed by atoms with Gasteiger partial charge < -0.3 is 10.3 Å². The number of rotatable bonds is 5. The normalized spacial score (nSPS) is 11.2. The maximum Gasteiger partial charge on any atom is 0.224 e. The monoisotopic (exact) mass is 435 g/mol. The van der Waals surface area contributed by atoms with Gasteiger partial charge in [-0.2, -0.15) is 10.4 Å². The molecule has 0 saturated heterocycles. The molecular formula is C25H21N7O. The lowest BCUT2D eigenvalue weighted by molar-refractivity contribution is -0.116. The van der Waals surface area contributed by atoms with Crippen molar-refractivity contribution in [1.29, 1.82) is 5.26 Å². The number of fused-ring (bicyclic) bond motifs is 2. The fourth-order valence-electron chi connectivity index (χ4n) is 3.90. The number of carbonyl (C=O) groups is 1. The number of benzene rings is 1. The standard InChI is InChI=1S/C25H21N7O/c1-14(2)6-23(33)29-18-7-16(11-27-13-18)17-8-20-24(31-32-25(20)28-12-17)22-9-19-15(10-26)4-3-5-21(19)30-22/h3-5,7-9,11-14,30H,6H2,1-2H3,(H,29,33)(H,28,31,32). The SMILES string of the molecule is CC(C)CC(=O)Nc1cncc(-c2cnc3[nH]nc(-c4cc5c(C#N)cccc5[nH]4)c3c2)c1. The first-order chi connectivity index (χ1) is 16.0. The maximum absolute atomic E-state index is 12.1. The highest BCUT2D eigenvalue weighted by Crippen LogP contribution is 2.32. The Kier molecular flexibility index (Phi) is 5.07. The average Bonchev–Trinajstić information content (AvgIpc) is 3.41. The van der Waals surface area contributed by atoms with Crippen LogP contribution in [0.5, 0.6) is 0 Å². The zero-order valence-corrected chi connectivity index (χ0v) is 18.2. The van der Waals surface area contributed by atoms with Crippen molar-refractivity contribution in [1.82, 2.24) is 25.1 Å². The van der Waals surface area contributed by atoms with Crippen LogP contribution >= 0.6 is 0 Å². The van der Waals surface area contributed by atoms with Crippen molar-refractivity contribution in [2.75, 3.05) is 5.32 Å². The Hall–Kier alpha value is -4.51. The maximum atomic E-state index is 12.1. The third kappa shape index (κ3) is 3.92. The second kappa shape index (κ2) is 8.20. The lowest BCUT2D eigenvalue weighted by Gasteiger charge is -2.08. The molecule has 33 heavy (non-hydrogen) atoms. The molecule has 0 radical (unpaired) electrons. The molecule has 162 valence electrons. The number of anilines is 1. The number of aromatic nitrogens is 5. The van der Waals surface area contributed by atoms with Gasteiger partial charge in [-0.3, -0.25) is 14.9 Å². The third-order valence-corrected chi connectivity index (χ3v) is 5.41. The van der Waals surface area contributed by atoms with E-state index in [4.69, 9.17) is 0 Å². The number of hydrogen-bond acceptors (Lipinski definition) is 5. The van der Waals surface area contributed by atoms with Crippen molar-refractivity contribution in [2.24, 2.45) is 5.92 Å². The summed E-state index contributed by atoms with van der Waals surface area (Å²) in [6, 6.07) is 13.6. The Balaban J connectivity index is 1.53. The highest BCUT2D eigenvalue weighted by Gasteiger charge is 2.15. The smallest absolute Gasteiger partial charge is 0.224 e. The van der Waals surface area contributed by atoms with Crippen molar-refractivity contribution in [2.45, 2.75) is 20.3 Å². The minimum Gasteiger partial charge on any atom is -0.353 e. The van der Waals surface area contributed by atoms with Gasteiger partial charge in [0.1, 0.15) is 5.69 Å². The van der Waals surface area contributed by atoms with Crippen LogP contribution in [0.1, 0.15) is 25.8 Å². The quantitative estimate of drug-likeness (QED) is 0.357. The van der Waals surface area contributed by atoms with E-state index >= 15 is 0 Å². The first kappa shape index (κ1) is 20.4. The van der Waals surface area contributed by atoms with Gasteiger partial charge in [-0.1, -0.05) is 19.9 Å². The summed E-state index contributed by atoms with van der Waals surface area (Å²) in [7, 11) is 0. The minimum atomic E-state index is -0.0369. The van der Waals surface area contributed by atoms with Crippen molar-refractivity contribution >= 4 is 33.5 Å². The van der Waals surface area contributed by atoms with Gasteiger partial charge in [0.2, 0.25) is 5.91 Å². The van der Waals surface area contributed by atoms with E-state index in [2.05, 4.69) is 36.5 Å². The van der Waals surface area contributed by atoms with Crippen molar-refractivity contribution < 1.29 is 4.79 Å². The van der Waals surface area contributed by atoms with Gasteiger partial charge in [-0.25, -0.2) is 4.98 Å². The highest BCUT2D eigenvalue weighted by molar-refractivity contribution is 5.97. The molecule has 1 aromatic carbocycles. The Bertz CT molecular complexity index is 1540. The highest BCUT2D eigenvalue weighted by atomic mass is 16.1. The van der Waals surface area contributed by atoms with Crippen LogP contribution in [0, 0.1) is 17.2 Å². The molecule has 0 atom stereocenters. The Labute approximate surface area is 189 Å². The molecule has 8 nitrogen and oxygen atoms in total. The lowest BCUT2D eigenvalue weighted by atomic mass is 10.1. The number of amides is 1. The van der Waals surface area contributed by atoms with Crippen LogP contribution in [0.2, 0.25) is 0 Å².